The lowest BCUT2D eigenvalue weighted by atomic mass is 9.88. The highest BCUT2D eigenvalue weighted by Gasteiger charge is 2.50. The van der Waals surface area contributed by atoms with E-state index in [1.54, 1.807) is 47.4 Å². The van der Waals surface area contributed by atoms with E-state index in [9.17, 15) is 14.7 Å². The van der Waals surface area contributed by atoms with Crippen LogP contribution in [0.5, 0.6) is 0 Å². The van der Waals surface area contributed by atoms with Crippen LogP contribution < -0.4 is 10.6 Å². The van der Waals surface area contributed by atoms with E-state index in [-0.39, 0.29) is 12.2 Å². The number of rotatable bonds is 5. The van der Waals surface area contributed by atoms with Gasteiger partial charge in [0, 0.05) is 16.8 Å². The van der Waals surface area contributed by atoms with Gasteiger partial charge in [-0.05, 0) is 30.7 Å². The Labute approximate surface area is 169 Å². The average molecular weight is 386 g/mol. The number of nitrogen functional groups attached to an aromatic ring is 1. The van der Waals surface area contributed by atoms with Crippen LogP contribution in [0.3, 0.4) is 0 Å². The summed E-state index contributed by atoms with van der Waals surface area (Å²) in [5.74, 6) is -0.823. The zero-order chi connectivity index (χ0) is 20.6. The van der Waals surface area contributed by atoms with Crippen molar-refractivity contribution < 1.29 is 14.7 Å². The highest BCUT2D eigenvalue weighted by atomic mass is 16.3. The largest absolute Gasteiger partial charge is 0.399 e. The van der Waals surface area contributed by atoms with E-state index >= 15 is 0 Å². The van der Waals surface area contributed by atoms with E-state index in [2.05, 4.69) is 0 Å². The lowest BCUT2D eigenvalue weighted by molar-refractivity contribution is -0.136. The normalized spacial score (nSPS) is 18.0. The number of ketones is 1. The summed E-state index contributed by atoms with van der Waals surface area (Å²) in [6.45, 7) is 2.33. The van der Waals surface area contributed by atoms with Gasteiger partial charge < -0.3 is 15.7 Å². The van der Waals surface area contributed by atoms with Gasteiger partial charge in [-0.15, -0.1) is 0 Å². The molecule has 1 aliphatic rings. The zero-order valence-electron chi connectivity index (χ0n) is 16.1. The number of nitrogens with zero attached hydrogens (tertiary/aromatic N) is 1. The van der Waals surface area contributed by atoms with Crippen molar-refractivity contribution in [3.8, 4) is 0 Å². The first-order chi connectivity index (χ1) is 13.9. The summed E-state index contributed by atoms with van der Waals surface area (Å²) >= 11 is 0. The molecule has 1 aliphatic heterocycles. The fourth-order valence-electron chi connectivity index (χ4n) is 3.76. The maximum Gasteiger partial charge on any atom is 0.264 e. The minimum absolute atomic E-state index is 0.324. The molecule has 0 spiro atoms. The third-order valence-corrected chi connectivity index (χ3v) is 5.33. The van der Waals surface area contributed by atoms with Crippen LogP contribution >= 0.6 is 0 Å². The summed E-state index contributed by atoms with van der Waals surface area (Å²) in [7, 11) is 0. The van der Waals surface area contributed by atoms with E-state index < -0.39 is 11.5 Å². The molecule has 29 heavy (non-hydrogen) atoms. The molecule has 0 aromatic heterocycles. The molecule has 1 amide bonds. The van der Waals surface area contributed by atoms with Crippen molar-refractivity contribution in [3.05, 3.63) is 95.1 Å². The van der Waals surface area contributed by atoms with Gasteiger partial charge in [0.15, 0.2) is 11.4 Å². The summed E-state index contributed by atoms with van der Waals surface area (Å²) in [6, 6.07) is 21.5. The number of fused-ring (bicyclic) bond motifs is 1. The van der Waals surface area contributed by atoms with Crippen molar-refractivity contribution in [1.82, 2.24) is 0 Å². The number of para-hydroxylation sites is 1. The van der Waals surface area contributed by atoms with Crippen LogP contribution in [-0.2, 0) is 16.9 Å². The van der Waals surface area contributed by atoms with Gasteiger partial charge in [0.05, 0.1) is 18.7 Å². The molecule has 0 fully saturated rings. The van der Waals surface area contributed by atoms with Crippen molar-refractivity contribution >= 4 is 23.1 Å². The van der Waals surface area contributed by atoms with E-state index in [4.69, 9.17) is 5.73 Å². The number of benzene rings is 3. The molecule has 0 unspecified atom stereocenters. The lowest BCUT2D eigenvalue weighted by Crippen LogP contribution is -2.41. The second kappa shape index (κ2) is 7.18. The summed E-state index contributed by atoms with van der Waals surface area (Å²) in [6.07, 6.45) is -0.337. The van der Waals surface area contributed by atoms with Crippen LogP contribution in [0, 0.1) is 6.92 Å². The van der Waals surface area contributed by atoms with Crippen molar-refractivity contribution in [3.63, 3.8) is 0 Å². The van der Waals surface area contributed by atoms with Crippen LogP contribution in [0.4, 0.5) is 11.4 Å². The molecule has 5 nitrogen and oxygen atoms in total. The van der Waals surface area contributed by atoms with Gasteiger partial charge in [0.2, 0.25) is 0 Å². The number of carbonyl (C=O) groups is 2. The van der Waals surface area contributed by atoms with Gasteiger partial charge in [-0.1, -0.05) is 60.2 Å². The lowest BCUT2D eigenvalue weighted by Gasteiger charge is -2.23. The van der Waals surface area contributed by atoms with Gasteiger partial charge in [-0.25, -0.2) is 0 Å². The molecule has 1 heterocycles. The molecule has 3 N–H and O–H groups in total. The van der Waals surface area contributed by atoms with Crippen LogP contribution in [0.25, 0.3) is 0 Å². The van der Waals surface area contributed by atoms with Crippen LogP contribution in [-0.4, -0.2) is 16.8 Å². The van der Waals surface area contributed by atoms with Gasteiger partial charge >= 0.3 is 0 Å². The molecular formula is C24H22N2O3. The fourth-order valence-corrected chi connectivity index (χ4v) is 3.76. The van der Waals surface area contributed by atoms with E-state index in [1.165, 1.54) is 0 Å². The topological polar surface area (TPSA) is 83.6 Å². The Morgan fingerprint density at radius 2 is 1.76 bits per heavy atom. The van der Waals surface area contributed by atoms with Gasteiger partial charge in [0.1, 0.15) is 0 Å². The molecule has 0 aliphatic carbocycles. The smallest absolute Gasteiger partial charge is 0.264 e. The number of Topliss-reactive ketones (excluding diaryl/α,β-unsaturated/α-hetero) is 1. The maximum absolute atomic E-state index is 13.3. The molecular weight excluding hydrogens is 364 g/mol. The van der Waals surface area contributed by atoms with Gasteiger partial charge in [-0.3, -0.25) is 9.59 Å². The van der Waals surface area contributed by atoms with Crippen LogP contribution in [0.1, 0.15) is 33.5 Å². The van der Waals surface area contributed by atoms with Gasteiger partial charge in [0.25, 0.3) is 5.91 Å². The first-order valence-electron chi connectivity index (χ1n) is 9.46. The quantitative estimate of drug-likeness (QED) is 0.519. The summed E-state index contributed by atoms with van der Waals surface area (Å²) < 4.78 is 0. The molecule has 4 rings (SSSR count). The standard InChI is InChI=1S/C24H22N2O3/c1-16-9-11-17(12-10-16)15-26-21-8-3-2-7-20(21)24(29,23(26)28)14-22(27)18-5-4-6-19(25)13-18/h2-13,29H,14-15,25H2,1H3/t24-/m0/s1. The summed E-state index contributed by atoms with van der Waals surface area (Å²) in [5, 5.41) is 11.4. The van der Waals surface area contributed by atoms with E-state index in [0.717, 1.165) is 11.1 Å². The Balaban J connectivity index is 1.67. The molecule has 1 atom stereocenters. The van der Waals surface area contributed by atoms with Crippen molar-refractivity contribution in [1.29, 1.82) is 0 Å². The average Bonchev–Trinajstić information content (AvgIpc) is 2.92. The number of nitrogens with two attached hydrogens (primary N) is 1. The van der Waals surface area contributed by atoms with Crippen LogP contribution in [0.2, 0.25) is 0 Å². The molecule has 3 aromatic rings. The minimum atomic E-state index is -1.90. The number of hydrogen-bond acceptors (Lipinski definition) is 4. The maximum atomic E-state index is 13.3. The molecule has 146 valence electrons. The third-order valence-electron chi connectivity index (χ3n) is 5.33. The number of aliphatic hydroxyl groups is 1. The molecule has 3 aromatic carbocycles. The Kier molecular flexibility index (Phi) is 4.68. The highest BCUT2D eigenvalue weighted by Crippen LogP contribution is 2.43. The minimum Gasteiger partial charge on any atom is -0.399 e. The molecule has 5 heteroatoms. The Bertz CT molecular complexity index is 1090. The van der Waals surface area contributed by atoms with Crippen LogP contribution in [0.15, 0.2) is 72.8 Å². The molecule has 0 saturated heterocycles. The van der Waals surface area contributed by atoms with Crippen molar-refractivity contribution in [2.75, 3.05) is 10.6 Å². The molecule has 0 saturated carbocycles. The predicted octanol–water partition coefficient (Wildman–Crippen LogP) is 3.58. The number of amides is 1. The zero-order valence-corrected chi connectivity index (χ0v) is 16.1. The first kappa shape index (κ1) is 18.9. The summed E-state index contributed by atoms with van der Waals surface area (Å²) in [4.78, 5) is 27.7. The Morgan fingerprint density at radius 3 is 2.48 bits per heavy atom. The Morgan fingerprint density at radius 1 is 1.03 bits per heavy atom. The first-order valence-corrected chi connectivity index (χ1v) is 9.46. The molecule has 0 radical (unpaired) electrons. The number of hydrogen-bond donors (Lipinski definition) is 2. The van der Waals surface area contributed by atoms with Gasteiger partial charge in [-0.2, -0.15) is 0 Å². The second-order valence-electron chi connectivity index (χ2n) is 7.48. The SMILES string of the molecule is Cc1ccc(CN2C(=O)[C@](O)(CC(=O)c3cccc(N)c3)c3ccccc32)cc1. The molecule has 0 bridgehead atoms. The van der Waals surface area contributed by atoms with Crippen molar-refractivity contribution in [2.45, 2.75) is 25.5 Å². The van der Waals surface area contributed by atoms with E-state index in [0.29, 0.717) is 29.0 Å². The fraction of sp³-hybridized carbons (Fsp3) is 0.167. The van der Waals surface area contributed by atoms with Crippen molar-refractivity contribution in [2.24, 2.45) is 0 Å². The second-order valence-corrected chi connectivity index (χ2v) is 7.48. The number of aryl methyl sites for hydroxylation is 1. The highest BCUT2D eigenvalue weighted by molar-refractivity contribution is 6.10. The number of carbonyl (C=O) groups excluding carboxylic acids is 2. The number of anilines is 2. The summed E-state index contributed by atoms with van der Waals surface area (Å²) in [5.41, 5.74) is 7.86. The third kappa shape index (κ3) is 3.41. The monoisotopic (exact) mass is 386 g/mol. The Hall–Kier alpha value is -3.44. The van der Waals surface area contributed by atoms with E-state index in [1.807, 2.05) is 37.3 Å². The predicted molar refractivity (Wildman–Crippen MR) is 113 cm³/mol.